The first-order chi connectivity index (χ1) is 10.1. The van der Waals surface area contributed by atoms with Crippen molar-refractivity contribution in [2.24, 2.45) is 5.92 Å². The number of fused-ring (bicyclic) bond motifs is 1. The van der Waals surface area contributed by atoms with E-state index in [4.69, 9.17) is 0 Å². The van der Waals surface area contributed by atoms with Crippen LogP contribution in [0.5, 0.6) is 0 Å². The highest BCUT2D eigenvalue weighted by Gasteiger charge is 2.34. The maximum atomic E-state index is 12.5. The maximum Gasteiger partial charge on any atom is 0.237 e. The number of hydrogen-bond donors (Lipinski definition) is 2. The van der Waals surface area contributed by atoms with E-state index in [1.54, 1.807) is 11.3 Å². The fraction of sp³-hybridized carbons (Fsp3) is 0.750. The number of carbonyl (C=O) groups is 1. The third kappa shape index (κ3) is 3.46. The van der Waals surface area contributed by atoms with Crippen LogP contribution in [0.25, 0.3) is 0 Å². The Morgan fingerprint density at radius 3 is 2.95 bits per heavy atom. The fourth-order valence-corrected chi connectivity index (χ4v) is 4.45. The smallest absolute Gasteiger partial charge is 0.237 e. The van der Waals surface area contributed by atoms with Crippen LogP contribution in [-0.2, 0) is 4.79 Å². The molecule has 3 rings (SSSR count). The van der Waals surface area contributed by atoms with Crippen molar-refractivity contribution in [3.63, 3.8) is 0 Å². The van der Waals surface area contributed by atoms with Gasteiger partial charge in [0, 0.05) is 17.1 Å². The Bertz CT molecular complexity index is 501. The number of nitrogens with one attached hydrogen (secondary N) is 2. The number of aryl methyl sites for hydroxylation is 1. The summed E-state index contributed by atoms with van der Waals surface area (Å²) in [6.45, 7) is 4.00. The molecule has 4 atom stereocenters. The molecule has 1 aliphatic carbocycles. The first kappa shape index (κ1) is 15.0. The van der Waals surface area contributed by atoms with Crippen LogP contribution in [0.1, 0.15) is 62.2 Å². The number of amides is 1. The van der Waals surface area contributed by atoms with Crippen LogP contribution < -0.4 is 10.6 Å². The second kappa shape index (κ2) is 6.44. The summed E-state index contributed by atoms with van der Waals surface area (Å²) in [5.74, 6) is 0.932. The molecule has 4 unspecified atom stereocenters. The molecule has 2 fully saturated rings. The molecule has 5 heteroatoms. The van der Waals surface area contributed by atoms with Crippen molar-refractivity contribution in [1.29, 1.82) is 0 Å². The summed E-state index contributed by atoms with van der Waals surface area (Å²) in [6.07, 6.45) is 7.39. The average Bonchev–Trinajstić information content (AvgIpc) is 2.93. The van der Waals surface area contributed by atoms with Crippen molar-refractivity contribution in [2.75, 3.05) is 0 Å². The van der Waals surface area contributed by atoms with Crippen LogP contribution in [0.4, 0.5) is 0 Å². The van der Waals surface area contributed by atoms with Crippen LogP contribution in [0.3, 0.4) is 0 Å². The SMILES string of the molecule is Cc1csc(C(C)NC(=O)C2CCC3CCCCC3N2)n1. The standard InChI is InChI=1S/C16H25N3OS/c1-10-9-21-16(17-10)11(2)18-15(20)14-8-7-12-5-3-4-6-13(12)19-14/h9,11-14,19H,3-8H2,1-2H3,(H,18,20). The molecule has 0 aromatic carbocycles. The molecule has 1 aliphatic heterocycles. The Morgan fingerprint density at radius 2 is 2.19 bits per heavy atom. The number of rotatable bonds is 3. The Balaban J connectivity index is 1.55. The Morgan fingerprint density at radius 1 is 1.38 bits per heavy atom. The number of piperidine rings is 1. The predicted molar refractivity (Wildman–Crippen MR) is 85.3 cm³/mol. The third-order valence-corrected chi connectivity index (χ3v) is 5.98. The van der Waals surface area contributed by atoms with Gasteiger partial charge < -0.3 is 10.6 Å². The minimum atomic E-state index is -0.0205. The first-order valence-corrected chi connectivity index (χ1v) is 9.00. The summed E-state index contributed by atoms with van der Waals surface area (Å²) in [6, 6.07) is 0.538. The van der Waals surface area contributed by atoms with Crippen molar-refractivity contribution in [3.8, 4) is 0 Å². The zero-order valence-corrected chi connectivity index (χ0v) is 13.7. The average molecular weight is 307 g/mol. The highest BCUT2D eigenvalue weighted by molar-refractivity contribution is 7.09. The van der Waals surface area contributed by atoms with Gasteiger partial charge in [0.1, 0.15) is 5.01 Å². The molecule has 2 aliphatic rings. The predicted octanol–water partition coefficient (Wildman–Crippen LogP) is 2.94. The van der Waals surface area contributed by atoms with Crippen molar-refractivity contribution in [3.05, 3.63) is 16.1 Å². The normalized spacial score (nSPS) is 30.5. The third-order valence-electron chi connectivity index (χ3n) is 4.83. The molecular weight excluding hydrogens is 282 g/mol. The van der Waals surface area contributed by atoms with Crippen molar-refractivity contribution >= 4 is 17.2 Å². The summed E-state index contributed by atoms with van der Waals surface area (Å²) in [5, 5.41) is 9.73. The minimum absolute atomic E-state index is 0.00193. The van der Waals surface area contributed by atoms with Crippen LogP contribution in [0.2, 0.25) is 0 Å². The first-order valence-electron chi connectivity index (χ1n) is 8.12. The molecule has 1 aromatic rings. The highest BCUT2D eigenvalue weighted by atomic mass is 32.1. The highest BCUT2D eigenvalue weighted by Crippen LogP contribution is 2.32. The fourth-order valence-electron chi connectivity index (χ4n) is 3.65. The number of thiazole rings is 1. The van der Waals surface area contributed by atoms with E-state index in [0.29, 0.717) is 6.04 Å². The zero-order chi connectivity index (χ0) is 14.8. The molecule has 0 bridgehead atoms. The minimum Gasteiger partial charge on any atom is -0.346 e. The van der Waals surface area contributed by atoms with E-state index >= 15 is 0 Å². The lowest BCUT2D eigenvalue weighted by Gasteiger charge is -2.40. The van der Waals surface area contributed by atoms with E-state index in [1.807, 2.05) is 19.2 Å². The van der Waals surface area contributed by atoms with Crippen LogP contribution in [-0.4, -0.2) is 23.0 Å². The van der Waals surface area contributed by atoms with Crippen LogP contribution in [0, 0.1) is 12.8 Å². The van der Waals surface area contributed by atoms with Gasteiger partial charge in [-0.05, 0) is 45.4 Å². The molecule has 4 nitrogen and oxygen atoms in total. The van der Waals surface area contributed by atoms with Crippen LogP contribution >= 0.6 is 11.3 Å². The lowest BCUT2D eigenvalue weighted by molar-refractivity contribution is -0.125. The van der Waals surface area contributed by atoms with E-state index in [1.165, 1.54) is 32.1 Å². The molecule has 116 valence electrons. The van der Waals surface area contributed by atoms with E-state index in [2.05, 4.69) is 15.6 Å². The summed E-state index contributed by atoms with van der Waals surface area (Å²) >= 11 is 1.62. The lowest BCUT2D eigenvalue weighted by Crippen LogP contribution is -2.55. The van der Waals surface area contributed by atoms with Gasteiger partial charge in [0.05, 0.1) is 12.1 Å². The number of nitrogens with zero attached hydrogens (tertiary/aromatic N) is 1. The second-order valence-electron chi connectivity index (χ2n) is 6.51. The Labute approximate surface area is 130 Å². The molecule has 1 saturated carbocycles. The second-order valence-corrected chi connectivity index (χ2v) is 7.39. The Hall–Kier alpha value is -0.940. The van der Waals surface area contributed by atoms with E-state index in [9.17, 15) is 4.79 Å². The van der Waals surface area contributed by atoms with E-state index in [-0.39, 0.29) is 18.0 Å². The topological polar surface area (TPSA) is 54.0 Å². The molecule has 1 saturated heterocycles. The van der Waals surface area contributed by atoms with Crippen molar-refractivity contribution in [1.82, 2.24) is 15.6 Å². The molecule has 1 aromatic heterocycles. The van der Waals surface area contributed by atoms with Gasteiger partial charge in [-0.15, -0.1) is 11.3 Å². The van der Waals surface area contributed by atoms with Crippen molar-refractivity contribution in [2.45, 2.75) is 70.5 Å². The van der Waals surface area contributed by atoms with Gasteiger partial charge in [-0.1, -0.05) is 12.8 Å². The molecular formula is C16H25N3OS. The van der Waals surface area contributed by atoms with Gasteiger partial charge in [-0.25, -0.2) is 4.98 Å². The maximum absolute atomic E-state index is 12.5. The molecule has 21 heavy (non-hydrogen) atoms. The summed E-state index contributed by atoms with van der Waals surface area (Å²) in [4.78, 5) is 16.9. The number of carbonyl (C=O) groups excluding carboxylic acids is 1. The van der Waals surface area contributed by atoms with Gasteiger partial charge >= 0.3 is 0 Å². The van der Waals surface area contributed by atoms with Gasteiger partial charge in [0.2, 0.25) is 5.91 Å². The van der Waals surface area contributed by atoms with E-state index < -0.39 is 0 Å². The van der Waals surface area contributed by atoms with Gasteiger partial charge in [0.25, 0.3) is 0 Å². The quantitative estimate of drug-likeness (QED) is 0.903. The largest absolute Gasteiger partial charge is 0.346 e. The lowest BCUT2D eigenvalue weighted by atomic mass is 9.77. The van der Waals surface area contributed by atoms with Crippen molar-refractivity contribution < 1.29 is 4.79 Å². The summed E-state index contributed by atoms with van der Waals surface area (Å²) in [7, 11) is 0. The van der Waals surface area contributed by atoms with E-state index in [0.717, 1.165) is 23.0 Å². The molecule has 0 spiro atoms. The summed E-state index contributed by atoms with van der Waals surface area (Å²) in [5.41, 5.74) is 1.02. The van der Waals surface area contributed by atoms with Gasteiger partial charge in [-0.2, -0.15) is 0 Å². The Kier molecular flexibility index (Phi) is 4.60. The van der Waals surface area contributed by atoms with Crippen LogP contribution in [0.15, 0.2) is 5.38 Å². The molecule has 2 N–H and O–H groups in total. The molecule has 1 amide bonds. The number of aromatic nitrogens is 1. The molecule has 2 heterocycles. The van der Waals surface area contributed by atoms with Gasteiger partial charge in [0.15, 0.2) is 0 Å². The number of hydrogen-bond acceptors (Lipinski definition) is 4. The van der Waals surface area contributed by atoms with Gasteiger partial charge in [-0.3, -0.25) is 4.79 Å². The summed E-state index contributed by atoms with van der Waals surface area (Å²) < 4.78 is 0. The zero-order valence-electron chi connectivity index (χ0n) is 12.9. The monoisotopic (exact) mass is 307 g/mol. The molecule has 0 radical (unpaired) electrons.